The van der Waals surface area contributed by atoms with Crippen LogP contribution in [0.5, 0.6) is 0 Å². The van der Waals surface area contributed by atoms with E-state index >= 15 is 0 Å². The van der Waals surface area contributed by atoms with E-state index in [0.29, 0.717) is 5.41 Å². The summed E-state index contributed by atoms with van der Waals surface area (Å²) in [5.74, 6) is 0. The highest BCUT2D eigenvalue weighted by Crippen LogP contribution is 2.35. The maximum Gasteiger partial charge on any atom is 0.0302 e. The number of hydrogen-bond donors (Lipinski definition) is 1. The van der Waals surface area contributed by atoms with Crippen molar-refractivity contribution in [2.45, 2.75) is 52.1 Å². The minimum atomic E-state index is 0.547. The fourth-order valence-corrected chi connectivity index (χ4v) is 3.19. The molecule has 1 aliphatic carbocycles. The zero-order valence-electron chi connectivity index (χ0n) is 9.75. The van der Waals surface area contributed by atoms with Crippen molar-refractivity contribution in [2.24, 2.45) is 5.41 Å². The van der Waals surface area contributed by atoms with E-state index in [2.05, 4.69) is 36.7 Å². The van der Waals surface area contributed by atoms with Gasteiger partial charge in [0.05, 0.1) is 0 Å². The first-order valence-corrected chi connectivity index (χ1v) is 6.79. The van der Waals surface area contributed by atoms with Crippen LogP contribution in [-0.2, 0) is 6.54 Å². The highest BCUT2D eigenvalue weighted by molar-refractivity contribution is 7.09. The van der Waals surface area contributed by atoms with E-state index in [9.17, 15) is 0 Å². The van der Waals surface area contributed by atoms with Crippen molar-refractivity contribution in [3.05, 3.63) is 22.4 Å². The lowest BCUT2D eigenvalue weighted by Crippen LogP contribution is -2.36. The molecule has 0 aromatic carbocycles. The molecule has 2 heteroatoms. The second kappa shape index (κ2) is 4.67. The van der Waals surface area contributed by atoms with Gasteiger partial charge in [-0.2, -0.15) is 0 Å². The molecule has 0 radical (unpaired) electrons. The molecule has 1 aromatic rings. The van der Waals surface area contributed by atoms with Crippen LogP contribution in [-0.4, -0.2) is 6.04 Å². The first kappa shape index (κ1) is 11.2. The second-order valence-electron chi connectivity index (χ2n) is 5.42. The zero-order valence-corrected chi connectivity index (χ0v) is 10.6. The molecule has 0 aliphatic heterocycles. The molecule has 0 saturated heterocycles. The number of rotatable bonds is 3. The van der Waals surface area contributed by atoms with Gasteiger partial charge in [-0.25, -0.2) is 0 Å². The Hall–Kier alpha value is -0.340. The van der Waals surface area contributed by atoms with Gasteiger partial charge < -0.3 is 5.32 Å². The Kier molecular flexibility index (Phi) is 3.47. The van der Waals surface area contributed by atoms with Gasteiger partial charge >= 0.3 is 0 Å². The molecule has 1 aliphatic rings. The minimum Gasteiger partial charge on any atom is -0.309 e. The van der Waals surface area contributed by atoms with Gasteiger partial charge in [0.25, 0.3) is 0 Å². The molecule has 1 N–H and O–H groups in total. The van der Waals surface area contributed by atoms with Gasteiger partial charge in [-0.1, -0.05) is 26.3 Å². The molecule has 1 nitrogen and oxygen atoms in total. The van der Waals surface area contributed by atoms with Crippen molar-refractivity contribution in [1.82, 2.24) is 5.32 Å². The first-order chi connectivity index (χ1) is 7.16. The molecule has 1 atom stereocenters. The van der Waals surface area contributed by atoms with Crippen molar-refractivity contribution in [3.8, 4) is 0 Å². The van der Waals surface area contributed by atoms with Crippen LogP contribution in [0.2, 0.25) is 0 Å². The van der Waals surface area contributed by atoms with Crippen LogP contribution >= 0.6 is 11.3 Å². The molecular weight excluding hydrogens is 202 g/mol. The molecule has 0 bridgehead atoms. The SMILES string of the molecule is CC1(C)CCCC(NCc2cccs2)C1. The highest BCUT2D eigenvalue weighted by atomic mass is 32.1. The van der Waals surface area contributed by atoms with Gasteiger partial charge in [0.1, 0.15) is 0 Å². The Morgan fingerprint density at radius 1 is 1.53 bits per heavy atom. The predicted octanol–water partition coefficient (Wildman–Crippen LogP) is 3.81. The summed E-state index contributed by atoms with van der Waals surface area (Å²) >= 11 is 1.85. The van der Waals surface area contributed by atoms with E-state index in [0.717, 1.165) is 12.6 Å². The standard InChI is InChI=1S/C13H21NS/c1-13(2)7-3-5-11(9-13)14-10-12-6-4-8-15-12/h4,6,8,11,14H,3,5,7,9-10H2,1-2H3. The van der Waals surface area contributed by atoms with Crippen molar-refractivity contribution in [2.75, 3.05) is 0 Å². The van der Waals surface area contributed by atoms with Crippen molar-refractivity contribution in [3.63, 3.8) is 0 Å². The number of hydrogen-bond acceptors (Lipinski definition) is 2. The summed E-state index contributed by atoms with van der Waals surface area (Å²) in [6.45, 7) is 5.84. The lowest BCUT2D eigenvalue weighted by Gasteiger charge is -2.35. The Labute approximate surface area is 96.9 Å². The Morgan fingerprint density at radius 2 is 2.40 bits per heavy atom. The third-order valence-corrected chi connectivity index (χ3v) is 4.23. The molecule has 84 valence electrons. The summed E-state index contributed by atoms with van der Waals surface area (Å²) in [5.41, 5.74) is 0.547. The largest absolute Gasteiger partial charge is 0.309 e. The molecule has 0 amide bonds. The van der Waals surface area contributed by atoms with Gasteiger partial charge in [0.2, 0.25) is 0 Å². The summed E-state index contributed by atoms with van der Waals surface area (Å²) < 4.78 is 0. The highest BCUT2D eigenvalue weighted by Gasteiger charge is 2.27. The van der Waals surface area contributed by atoms with Crippen molar-refractivity contribution >= 4 is 11.3 Å². The van der Waals surface area contributed by atoms with Crippen LogP contribution in [0, 0.1) is 5.41 Å². The van der Waals surface area contributed by atoms with Crippen LogP contribution in [0.4, 0.5) is 0 Å². The lowest BCUT2D eigenvalue weighted by molar-refractivity contribution is 0.198. The lowest BCUT2D eigenvalue weighted by atomic mass is 9.75. The van der Waals surface area contributed by atoms with Gasteiger partial charge in [0, 0.05) is 17.5 Å². The molecule has 15 heavy (non-hydrogen) atoms. The second-order valence-corrected chi connectivity index (χ2v) is 6.45. The number of thiophene rings is 1. The van der Waals surface area contributed by atoms with E-state index in [1.165, 1.54) is 30.6 Å². The first-order valence-electron chi connectivity index (χ1n) is 5.91. The van der Waals surface area contributed by atoms with Crippen LogP contribution in [0.25, 0.3) is 0 Å². The maximum atomic E-state index is 3.69. The van der Waals surface area contributed by atoms with E-state index in [-0.39, 0.29) is 0 Å². The van der Waals surface area contributed by atoms with E-state index < -0.39 is 0 Å². The fraction of sp³-hybridized carbons (Fsp3) is 0.692. The molecule has 1 saturated carbocycles. The van der Waals surface area contributed by atoms with Gasteiger partial charge in [-0.15, -0.1) is 11.3 Å². The van der Waals surface area contributed by atoms with Crippen molar-refractivity contribution in [1.29, 1.82) is 0 Å². The predicted molar refractivity (Wildman–Crippen MR) is 67.2 cm³/mol. The summed E-state index contributed by atoms with van der Waals surface area (Å²) in [4.78, 5) is 1.46. The van der Waals surface area contributed by atoms with Crippen LogP contribution in [0.3, 0.4) is 0 Å². The zero-order chi connectivity index (χ0) is 10.7. The third-order valence-electron chi connectivity index (χ3n) is 3.35. The Balaban J connectivity index is 1.80. The van der Waals surface area contributed by atoms with Gasteiger partial charge in [-0.3, -0.25) is 0 Å². The fourth-order valence-electron chi connectivity index (χ4n) is 2.53. The monoisotopic (exact) mass is 223 g/mol. The average molecular weight is 223 g/mol. The van der Waals surface area contributed by atoms with E-state index in [4.69, 9.17) is 0 Å². The molecule has 1 heterocycles. The molecule has 0 spiro atoms. The maximum absolute atomic E-state index is 3.69. The molecule has 2 rings (SSSR count). The van der Waals surface area contributed by atoms with E-state index in [1.54, 1.807) is 0 Å². The Morgan fingerprint density at radius 3 is 3.07 bits per heavy atom. The summed E-state index contributed by atoms with van der Waals surface area (Å²) in [5, 5.41) is 5.84. The topological polar surface area (TPSA) is 12.0 Å². The van der Waals surface area contributed by atoms with Crippen LogP contribution in [0.15, 0.2) is 17.5 Å². The Bertz CT molecular complexity index is 289. The van der Waals surface area contributed by atoms with Crippen molar-refractivity contribution < 1.29 is 0 Å². The molecule has 1 aromatic heterocycles. The van der Waals surface area contributed by atoms with E-state index in [1.807, 2.05) is 11.3 Å². The average Bonchev–Trinajstić information content (AvgIpc) is 2.65. The molecule has 1 fully saturated rings. The quantitative estimate of drug-likeness (QED) is 0.821. The van der Waals surface area contributed by atoms with Gasteiger partial charge in [-0.05, 0) is 36.1 Å². The van der Waals surface area contributed by atoms with Crippen LogP contribution in [0.1, 0.15) is 44.4 Å². The molecular formula is C13H21NS. The minimum absolute atomic E-state index is 0.547. The summed E-state index contributed by atoms with van der Waals surface area (Å²) in [7, 11) is 0. The summed E-state index contributed by atoms with van der Waals surface area (Å²) in [6.07, 6.45) is 5.46. The normalized spacial score (nSPS) is 25.3. The number of nitrogens with one attached hydrogen (secondary N) is 1. The summed E-state index contributed by atoms with van der Waals surface area (Å²) in [6, 6.07) is 5.08. The van der Waals surface area contributed by atoms with Crippen LogP contribution < -0.4 is 5.32 Å². The molecule has 1 unspecified atom stereocenters. The van der Waals surface area contributed by atoms with Gasteiger partial charge in [0.15, 0.2) is 0 Å². The third kappa shape index (κ3) is 3.32. The smallest absolute Gasteiger partial charge is 0.0302 e.